The van der Waals surface area contributed by atoms with E-state index in [-0.39, 0.29) is 18.5 Å². The quantitative estimate of drug-likeness (QED) is 0.0477. The lowest BCUT2D eigenvalue weighted by atomic mass is 10.1. The summed E-state index contributed by atoms with van der Waals surface area (Å²) in [5.74, 6) is 0.0906. The minimum absolute atomic E-state index is 0.0453. The predicted molar refractivity (Wildman–Crippen MR) is 180 cm³/mol. The lowest BCUT2D eigenvalue weighted by Gasteiger charge is -2.07. The first kappa shape index (κ1) is 39.4. The molecule has 0 aromatic heterocycles. The van der Waals surface area contributed by atoms with Gasteiger partial charge >= 0.3 is 0 Å². The highest BCUT2D eigenvalue weighted by atomic mass is 16.2. The van der Waals surface area contributed by atoms with Crippen molar-refractivity contribution in [1.82, 2.24) is 10.6 Å². The number of unbranched alkanes of at least 4 members (excludes halogenated alkanes) is 22. The summed E-state index contributed by atoms with van der Waals surface area (Å²) in [5.41, 5.74) is 0. The van der Waals surface area contributed by atoms with Gasteiger partial charge in [0, 0.05) is 12.8 Å². The highest BCUT2D eigenvalue weighted by Gasteiger charge is 2.03. The van der Waals surface area contributed by atoms with Gasteiger partial charge in [-0.1, -0.05) is 141 Å². The molecule has 0 aliphatic heterocycles. The molecular weight excluding hydrogens is 504 g/mol. The molecule has 0 bridgehead atoms. The predicted octanol–water partition coefficient (Wildman–Crippen LogP) is 11.3. The van der Waals surface area contributed by atoms with E-state index in [4.69, 9.17) is 0 Å². The monoisotopic (exact) mass is 575 g/mol. The molecule has 0 spiro atoms. The van der Waals surface area contributed by atoms with Crippen molar-refractivity contribution in [3.05, 3.63) is 24.3 Å². The van der Waals surface area contributed by atoms with Gasteiger partial charge in [0.05, 0.1) is 6.67 Å². The number of carbonyl (C=O) groups is 2. The first-order valence-electron chi connectivity index (χ1n) is 18.0. The van der Waals surface area contributed by atoms with E-state index in [0.717, 1.165) is 25.7 Å². The summed E-state index contributed by atoms with van der Waals surface area (Å²) in [6, 6.07) is 0. The molecule has 0 unspecified atom stereocenters. The zero-order valence-corrected chi connectivity index (χ0v) is 27.6. The summed E-state index contributed by atoms with van der Waals surface area (Å²) in [4.78, 5) is 24.0. The molecule has 0 aromatic rings. The minimum atomic E-state index is 0.0453. The molecular formula is C37H70N2O2. The fourth-order valence-corrected chi connectivity index (χ4v) is 5.13. The van der Waals surface area contributed by atoms with Gasteiger partial charge in [0.2, 0.25) is 11.8 Å². The third-order valence-corrected chi connectivity index (χ3v) is 7.90. The number of rotatable bonds is 32. The van der Waals surface area contributed by atoms with Crippen LogP contribution in [0, 0.1) is 0 Å². The van der Waals surface area contributed by atoms with E-state index in [0.29, 0.717) is 12.8 Å². The Morgan fingerprint density at radius 1 is 0.390 bits per heavy atom. The Morgan fingerprint density at radius 3 is 0.976 bits per heavy atom. The lowest BCUT2D eigenvalue weighted by molar-refractivity contribution is -0.123. The normalized spacial score (nSPS) is 11.6. The van der Waals surface area contributed by atoms with Crippen molar-refractivity contribution in [3.63, 3.8) is 0 Å². The summed E-state index contributed by atoms with van der Waals surface area (Å²) in [5, 5.41) is 5.66. The highest BCUT2D eigenvalue weighted by molar-refractivity contribution is 5.78. The first-order valence-corrected chi connectivity index (χ1v) is 18.0. The van der Waals surface area contributed by atoms with Crippen molar-refractivity contribution in [2.45, 2.75) is 194 Å². The van der Waals surface area contributed by atoms with Crippen molar-refractivity contribution >= 4 is 11.8 Å². The third-order valence-electron chi connectivity index (χ3n) is 7.90. The highest BCUT2D eigenvalue weighted by Crippen LogP contribution is 2.11. The average Bonchev–Trinajstić information content (AvgIpc) is 2.97. The Labute approximate surface area is 256 Å². The summed E-state index contributed by atoms with van der Waals surface area (Å²) in [6.07, 6.45) is 43.3. The van der Waals surface area contributed by atoms with Gasteiger partial charge in [0.1, 0.15) is 0 Å². The second-order valence-corrected chi connectivity index (χ2v) is 12.0. The summed E-state index contributed by atoms with van der Waals surface area (Å²) in [6.45, 7) is 4.79. The minimum Gasteiger partial charge on any atom is -0.339 e. The zero-order chi connectivity index (χ0) is 29.9. The maximum Gasteiger partial charge on any atom is 0.221 e. The smallest absolute Gasteiger partial charge is 0.221 e. The van der Waals surface area contributed by atoms with Gasteiger partial charge in [-0.2, -0.15) is 0 Å². The molecule has 0 aromatic carbocycles. The zero-order valence-electron chi connectivity index (χ0n) is 27.6. The van der Waals surface area contributed by atoms with Crippen LogP contribution in [0.15, 0.2) is 24.3 Å². The van der Waals surface area contributed by atoms with Crippen LogP contribution in [0.1, 0.15) is 194 Å². The largest absolute Gasteiger partial charge is 0.339 e. The number of hydrogen-bond donors (Lipinski definition) is 2. The van der Waals surface area contributed by atoms with Crippen molar-refractivity contribution in [2.75, 3.05) is 6.67 Å². The van der Waals surface area contributed by atoms with E-state index in [1.165, 1.54) is 141 Å². The molecule has 0 atom stereocenters. The van der Waals surface area contributed by atoms with Crippen molar-refractivity contribution in [3.8, 4) is 0 Å². The Hall–Kier alpha value is -1.58. The number of amides is 2. The SMILES string of the molecule is CCCCCCCC/C=C\CCCCCCCC(=O)NCNC(=O)CCCCCCC/C=C/CCCCCCCC. The van der Waals surface area contributed by atoms with E-state index in [1.54, 1.807) is 0 Å². The standard InChI is InChI=1S/C37H70N2O2/c1-3-5-7-9-11-13-15-17-19-21-23-25-27-29-31-33-36(40)38-35-39-37(41)34-32-30-28-26-24-22-20-18-16-14-12-10-8-6-4-2/h17-20H,3-16,21-35H2,1-2H3,(H,38,40)(H,39,41)/b19-17-,20-18+. The molecule has 0 saturated carbocycles. The molecule has 0 saturated heterocycles. The first-order chi connectivity index (χ1) is 20.2. The fourth-order valence-electron chi connectivity index (χ4n) is 5.13. The number of hydrogen-bond acceptors (Lipinski definition) is 2. The van der Waals surface area contributed by atoms with Crippen LogP contribution in [-0.4, -0.2) is 18.5 Å². The fraction of sp³-hybridized carbons (Fsp3) is 0.838. The summed E-state index contributed by atoms with van der Waals surface area (Å²) in [7, 11) is 0. The molecule has 2 amide bonds. The maximum atomic E-state index is 12.0. The molecule has 0 radical (unpaired) electrons. The molecule has 0 fully saturated rings. The second kappa shape index (κ2) is 34.6. The number of carbonyl (C=O) groups excluding carboxylic acids is 2. The number of allylic oxidation sites excluding steroid dienone is 4. The molecule has 0 aliphatic rings. The van der Waals surface area contributed by atoms with Crippen LogP contribution in [0.25, 0.3) is 0 Å². The van der Waals surface area contributed by atoms with Crippen LogP contribution in [0.2, 0.25) is 0 Å². The second-order valence-electron chi connectivity index (χ2n) is 12.0. The molecule has 240 valence electrons. The Kier molecular flexibility index (Phi) is 33.3. The van der Waals surface area contributed by atoms with Gasteiger partial charge in [-0.3, -0.25) is 9.59 Å². The van der Waals surface area contributed by atoms with Gasteiger partial charge in [-0.05, 0) is 64.2 Å². The van der Waals surface area contributed by atoms with Crippen LogP contribution < -0.4 is 10.6 Å². The molecule has 0 aliphatic carbocycles. The summed E-state index contributed by atoms with van der Waals surface area (Å²) < 4.78 is 0. The van der Waals surface area contributed by atoms with Crippen LogP contribution in [0.5, 0.6) is 0 Å². The topological polar surface area (TPSA) is 58.2 Å². The molecule has 2 N–H and O–H groups in total. The van der Waals surface area contributed by atoms with Crippen LogP contribution in [0.4, 0.5) is 0 Å². The van der Waals surface area contributed by atoms with E-state index in [9.17, 15) is 9.59 Å². The van der Waals surface area contributed by atoms with Crippen LogP contribution >= 0.6 is 0 Å². The third kappa shape index (κ3) is 34.5. The van der Waals surface area contributed by atoms with Crippen molar-refractivity contribution < 1.29 is 9.59 Å². The molecule has 4 heteroatoms. The van der Waals surface area contributed by atoms with Gasteiger partial charge in [0.25, 0.3) is 0 Å². The van der Waals surface area contributed by atoms with E-state index in [1.807, 2.05) is 0 Å². The van der Waals surface area contributed by atoms with Gasteiger partial charge < -0.3 is 10.6 Å². The van der Waals surface area contributed by atoms with Crippen LogP contribution in [-0.2, 0) is 9.59 Å². The van der Waals surface area contributed by atoms with Gasteiger partial charge in [0.15, 0.2) is 0 Å². The lowest BCUT2D eigenvalue weighted by Crippen LogP contribution is -2.37. The maximum absolute atomic E-state index is 12.0. The Bertz CT molecular complexity index is 562. The summed E-state index contributed by atoms with van der Waals surface area (Å²) >= 11 is 0. The van der Waals surface area contributed by atoms with E-state index < -0.39 is 0 Å². The Balaban J connectivity index is 3.35. The van der Waals surface area contributed by atoms with Crippen molar-refractivity contribution in [2.24, 2.45) is 0 Å². The molecule has 0 rings (SSSR count). The van der Waals surface area contributed by atoms with Crippen LogP contribution in [0.3, 0.4) is 0 Å². The molecule has 4 nitrogen and oxygen atoms in total. The molecule has 0 heterocycles. The average molecular weight is 575 g/mol. The van der Waals surface area contributed by atoms with Gasteiger partial charge in [-0.15, -0.1) is 0 Å². The van der Waals surface area contributed by atoms with Gasteiger partial charge in [-0.25, -0.2) is 0 Å². The van der Waals surface area contributed by atoms with Crippen molar-refractivity contribution in [1.29, 1.82) is 0 Å². The Morgan fingerprint density at radius 2 is 0.659 bits per heavy atom. The van der Waals surface area contributed by atoms with E-state index in [2.05, 4.69) is 48.8 Å². The van der Waals surface area contributed by atoms with E-state index >= 15 is 0 Å². The number of nitrogens with one attached hydrogen (secondary N) is 2. The molecule has 41 heavy (non-hydrogen) atoms.